The van der Waals surface area contributed by atoms with Gasteiger partial charge in [-0.2, -0.15) is 0 Å². The van der Waals surface area contributed by atoms with Crippen molar-refractivity contribution in [3.63, 3.8) is 0 Å². The fraction of sp³-hybridized carbons (Fsp3) is 0.538. The van der Waals surface area contributed by atoms with Gasteiger partial charge in [-0.15, -0.1) is 24.8 Å². The maximum Gasteiger partial charge on any atom is 0.239 e. The Balaban J connectivity index is 0.00000200. The predicted octanol–water partition coefficient (Wildman–Crippen LogP) is 2.31. The molecule has 0 unspecified atom stereocenters. The first-order chi connectivity index (χ1) is 9.15. The molecule has 5 nitrogen and oxygen atoms in total. The number of anilines is 1. The number of pyridine rings is 1. The summed E-state index contributed by atoms with van der Waals surface area (Å²) >= 11 is 3.31. The molecule has 0 aliphatic carbocycles. The van der Waals surface area contributed by atoms with E-state index in [1.165, 1.54) is 0 Å². The molecule has 1 aliphatic heterocycles. The van der Waals surface area contributed by atoms with E-state index in [0.717, 1.165) is 30.4 Å². The van der Waals surface area contributed by atoms with E-state index in [1.807, 2.05) is 13.1 Å². The summed E-state index contributed by atoms with van der Waals surface area (Å²) in [4.78, 5) is 18.2. The molecule has 21 heavy (non-hydrogen) atoms. The molecule has 2 heterocycles. The maximum atomic E-state index is 11.9. The van der Waals surface area contributed by atoms with E-state index >= 15 is 0 Å². The number of carbonyl (C=O) groups is 1. The molecule has 2 rings (SSSR count). The van der Waals surface area contributed by atoms with Crippen LogP contribution in [-0.2, 0) is 4.79 Å². The Labute approximate surface area is 146 Å². The molecule has 0 bridgehead atoms. The van der Waals surface area contributed by atoms with Crippen LogP contribution in [0.4, 0.5) is 5.82 Å². The van der Waals surface area contributed by atoms with Crippen molar-refractivity contribution in [3.05, 3.63) is 22.8 Å². The van der Waals surface area contributed by atoms with Gasteiger partial charge in [-0.05, 0) is 61.0 Å². The minimum Gasteiger partial charge on any atom is -0.317 e. The summed E-state index contributed by atoms with van der Waals surface area (Å²) in [6, 6.07) is 4.14. The second-order valence-electron chi connectivity index (χ2n) is 4.81. The van der Waals surface area contributed by atoms with Crippen LogP contribution in [-0.4, -0.2) is 48.5 Å². The van der Waals surface area contributed by atoms with Crippen LogP contribution in [0.2, 0.25) is 0 Å². The first kappa shape index (κ1) is 20.6. The Bertz CT molecular complexity index is 427. The summed E-state index contributed by atoms with van der Waals surface area (Å²) < 4.78 is 0.900. The average molecular weight is 400 g/mol. The lowest BCUT2D eigenvalue weighted by Crippen LogP contribution is -2.44. The van der Waals surface area contributed by atoms with Gasteiger partial charge in [-0.25, -0.2) is 4.98 Å². The van der Waals surface area contributed by atoms with Gasteiger partial charge < -0.3 is 10.6 Å². The lowest BCUT2D eigenvalue weighted by molar-refractivity contribution is -0.117. The van der Waals surface area contributed by atoms with Crippen molar-refractivity contribution in [3.8, 4) is 0 Å². The third kappa shape index (κ3) is 6.93. The van der Waals surface area contributed by atoms with E-state index in [-0.39, 0.29) is 30.7 Å². The van der Waals surface area contributed by atoms with Gasteiger partial charge in [-0.1, -0.05) is 0 Å². The molecule has 8 heteroatoms. The van der Waals surface area contributed by atoms with Gasteiger partial charge in [0.15, 0.2) is 0 Å². The normalized spacial score (nSPS) is 15.0. The van der Waals surface area contributed by atoms with Crippen molar-refractivity contribution in [1.29, 1.82) is 0 Å². The molecule has 0 radical (unpaired) electrons. The van der Waals surface area contributed by atoms with Crippen LogP contribution in [0.5, 0.6) is 0 Å². The second-order valence-corrected chi connectivity index (χ2v) is 5.72. The van der Waals surface area contributed by atoms with Gasteiger partial charge in [0.1, 0.15) is 5.82 Å². The number of rotatable bonds is 4. The largest absolute Gasteiger partial charge is 0.317 e. The fourth-order valence-electron chi connectivity index (χ4n) is 2.24. The van der Waals surface area contributed by atoms with Crippen LogP contribution in [0.3, 0.4) is 0 Å². The molecule has 0 saturated carbocycles. The topological polar surface area (TPSA) is 57.3 Å². The quantitative estimate of drug-likeness (QED) is 0.815. The molecular weight excluding hydrogens is 379 g/mol. The summed E-state index contributed by atoms with van der Waals surface area (Å²) in [5.74, 6) is 0.572. The maximum absolute atomic E-state index is 11.9. The zero-order valence-electron chi connectivity index (χ0n) is 11.8. The van der Waals surface area contributed by atoms with Crippen LogP contribution in [0, 0.1) is 0 Å². The Morgan fingerprint density at radius 2 is 2.10 bits per heavy atom. The monoisotopic (exact) mass is 398 g/mol. The van der Waals surface area contributed by atoms with Crippen LogP contribution < -0.4 is 10.6 Å². The Hall–Kier alpha value is -0.400. The van der Waals surface area contributed by atoms with Crippen molar-refractivity contribution in [1.82, 2.24) is 15.2 Å². The van der Waals surface area contributed by atoms with Crippen LogP contribution >= 0.6 is 40.7 Å². The molecule has 1 saturated heterocycles. The number of hydrogen-bond donors (Lipinski definition) is 2. The molecule has 1 aromatic rings. The van der Waals surface area contributed by atoms with Crippen molar-refractivity contribution in [2.45, 2.75) is 18.9 Å². The van der Waals surface area contributed by atoms with Gasteiger partial charge in [-0.3, -0.25) is 9.69 Å². The van der Waals surface area contributed by atoms with Crippen molar-refractivity contribution >= 4 is 52.5 Å². The highest BCUT2D eigenvalue weighted by Gasteiger charge is 2.19. The Morgan fingerprint density at radius 1 is 1.43 bits per heavy atom. The molecule has 0 atom stereocenters. The van der Waals surface area contributed by atoms with Crippen molar-refractivity contribution in [2.75, 3.05) is 32.0 Å². The highest BCUT2D eigenvalue weighted by atomic mass is 79.9. The average Bonchev–Trinajstić information content (AvgIpc) is 2.42. The lowest BCUT2D eigenvalue weighted by atomic mass is 10.1. The molecule has 120 valence electrons. The molecule has 1 fully saturated rings. The molecule has 2 N–H and O–H groups in total. The number of hydrogen-bond acceptors (Lipinski definition) is 4. The number of nitrogens with one attached hydrogen (secondary N) is 2. The Morgan fingerprint density at radius 3 is 2.67 bits per heavy atom. The fourth-order valence-corrected chi connectivity index (χ4v) is 2.47. The van der Waals surface area contributed by atoms with Crippen LogP contribution in [0.1, 0.15) is 12.8 Å². The van der Waals surface area contributed by atoms with Crippen LogP contribution in [0.15, 0.2) is 22.8 Å². The van der Waals surface area contributed by atoms with E-state index < -0.39 is 0 Å². The second kappa shape index (κ2) is 10.3. The van der Waals surface area contributed by atoms with Gasteiger partial charge in [0, 0.05) is 16.7 Å². The number of amides is 1. The zero-order chi connectivity index (χ0) is 13.7. The number of aromatic nitrogens is 1. The molecule has 0 spiro atoms. The van der Waals surface area contributed by atoms with E-state index in [2.05, 4.69) is 36.4 Å². The lowest BCUT2D eigenvalue weighted by Gasteiger charge is -2.30. The third-order valence-electron chi connectivity index (χ3n) is 3.32. The number of halogens is 3. The summed E-state index contributed by atoms with van der Waals surface area (Å²) in [5, 5.41) is 6.14. The summed E-state index contributed by atoms with van der Waals surface area (Å²) in [6.45, 7) is 2.47. The summed E-state index contributed by atoms with van der Waals surface area (Å²) in [5.41, 5.74) is 0. The van der Waals surface area contributed by atoms with E-state index in [0.29, 0.717) is 18.4 Å². The van der Waals surface area contributed by atoms with Gasteiger partial charge in [0.05, 0.1) is 6.54 Å². The molecule has 1 aliphatic rings. The smallest absolute Gasteiger partial charge is 0.239 e. The van der Waals surface area contributed by atoms with E-state index in [9.17, 15) is 4.79 Å². The minimum absolute atomic E-state index is 0. The van der Waals surface area contributed by atoms with Gasteiger partial charge >= 0.3 is 0 Å². The van der Waals surface area contributed by atoms with E-state index in [1.54, 1.807) is 12.3 Å². The molecule has 0 aromatic carbocycles. The van der Waals surface area contributed by atoms with Crippen molar-refractivity contribution in [2.24, 2.45) is 0 Å². The van der Waals surface area contributed by atoms with Gasteiger partial charge in [0.2, 0.25) is 5.91 Å². The minimum atomic E-state index is -0.0177. The number of piperidine rings is 1. The molecule has 1 amide bonds. The number of carbonyl (C=O) groups excluding carboxylic acids is 1. The molecular formula is C13H21BrCl2N4O. The standard InChI is InChI=1S/C13H19BrN4O.2ClH/c1-18(11-4-6-15-7-5-11)9-13(19)17-12-3-2-10(14)8-16-12;;/h2-3,8,11,15H,4-7,9H2,1H3,(H,16,17,19);2*1H. The zero-order valence-corrected chi connectivity index (χ0v) is 15.1. The van der Waals surface area contributed by atoms with Gasteiger partial charge in [0.25, 0.3) is 0 Å². The highest BCUT2D eigenvalue weighted by molar-refractivity contribution is 9.10. The molecule has 1 aromatic heterocycles. The summed E-state index contributed by atoms with van der Waals surface area (Å²) in [7, 11) is 2.00. The Kier molecular flexibility index (Phi) is 10.1. The third-order valence-corrected chi connectivity index (χ3v) is 3.79. The number of nitrogens with zero attached hydrogens (tertiary/aromatic N) is 2. The predicted molar refractivity (Wildman–Crippen MR) is 93.6 cm³/mol. The first-order valence-electron chi connectivity index (χ1n) is 6.47. The SMILES string of the molecule is CN(CC(=O)Nc1ccc(Br)cn1)C1CCNCC1.Cl.Cl. The van der Waals surface area contributed by atoms with E-state index in [4.69, 9.17) is 0 Å². The van der Waals surface area contributed by atoms with Crippen molar-refractivity contribution < 1.29 is 4.79 Å². The number of likely N-dealkylation sites (N-methyl/N-ethyl adjacent to an activating group) is 1. The summed E-state index contributed by atoms with van der Waals surface area (Å²) in [6.07, 6.45) is 3.87. The first-order valence-corrected chi connectivity index (χ1v) is 7.27. The van der Waals surface area contributed by atoms with Crippen LogP contribution in [0.25, 0.3) is 0 Å². The highest BCUT2D eigenvalue weighted by Crippen LogP contribution is 2.12.